The molecule has 2 aromatic rings. The molecule has 0 N–H and O–H groups in total. The zero-order valence-corrected chi connectivity index (χ0v) is 12.7. The molecular formula is C13H17N3O3S. The number of hydrogen-bond acceptors (Lipinski definition) is 5. The fourth-order valence-electron chi connectivity index (χ4n) is 1.84. The summed E-state index contributed by atoms with van der Waals surface area (Å²) in [4.78, 5) is 0. The van der Waals surface area contributed by atoms with E-state index in [0.29, 0.717) is 17.1 Å². The molecule has 0 aliphatic carbocycles. The summed E-state index contributed by atoms with van der Waals surface area (Å²) in [6, 6.07) is 7.28. The Bertz CT molecular complexity index is 720. The smallest absolute Gasteiger partial charge is 0.250 e. The molecule has 0 atom stereocenters. The van der Waals surface area contributed by atoms with Crippen LogP contribution in [0.1, 0.15) is 13.8 Å². The molecule has 0 unspecified atom stereocenters. The number of hydrogen-bond donors (Lipinski definition) is 0. The standard InChI is InChI=1S/C13H17N3O3S/c1-9(2)20(17,18)13-15-14-12(16(13)3)10-7-5-6-8-11(10)19-4/h5-9H,1-4H3. The van der Waals surface area contributed by atoms with Gasteiger partial charge in [0.15, 0.2) is 5.82 Å². The maximum absolute atomic E-state index is 12.2. The van der Waals surface area contributed by atoms with Gasteiger partial charge in [-0.25, -0.2) is 8.42 Å². The van der Waals surface area contributed by atoms with Gasteiger partial charge in [-0.1, -0.05) is 12.1 Å². The van der Waals surface area contributed by atoms with Gasteiger partial charge in [0, 0.05) is 7.05 Å². The average Bonchev–Trinajstić information content (AvgIpc) is 2.80. The maximum atomic E-state index is 12.2. The van der Waals surface area contributed by atoms with Crippen molar-refractivity contribution in [1.82, 2.24) is 14.8 Å². The summed E-state index contributed by atoms with van der Waals surface area (Å²) in [5.41, 5.74) is 0.704. The molecule has 0 saturated carbocycles. The van der Waals surface area contributed by atoms with Crippen molar-refractivity contribution in [3.63, 3.8) is 0 Å². The Morgan fingerprint density at radius 1 is 1.20 bits per heavy atom. The number of rotatable bonds is 4. The summed E-state index contributed by atoms with van der Waals surface area (Å²) in [6.07, 6.45) is 0. The highest BCUT2D eigenvalue weighted by atomic mass is 32.2. The number of nitrogens with zero attached hydrogens (tertiary/aromatic N) is 3. The predicted octanol–water partition coefficient (Wildman–Crippen LogP) is 1.67. The highest BCUT2D eigenvalue weighted by Gasteiger charge is 2.27. The van der Waals surface area contributed by atoms with Gasteiger partial charge in [0.25, 0.3) is 0 Å². The summed E-state index contributed by atoms with van der Waals surface area (Å²) in [6.45, 7) is 3.24. The zero-order valence-electron chi connectivity index (χ0n) is 11.9. The van der Waals surface area contributed by atoms with Gasteiger partial charge in [0.05, 0.1) is 17.9 Å². The van der Waals surface area contributed by atoms with E-state index in [1.165, 1.54) is 4.57 Å². The topological polar surface area (TPSA) is 74.1 Å². The third-order valence-electron chi connectivity index (χ3n) is 3.06. The van der Waals surface area contributed by atoms with Crippen LogP contribution in [0.4, 0.5) is 0 Å². The normalized spacial score (nSPS) is 11.8. The molecule has 0 fully saturated rings. The van der Waals surface area contributed by atoms with E-state index >= 15 is 0 Å². The number of sulfone groups is 1. The zero-order chi connectivity index (χ0) is 14.9. The fourth-order valence-corrected chi connectivity index (χ4v) is 2.88. The van der Waals surface area contributed by atoms with Gasteiger partial charge in [-0.15, -0.1) is 10.2 Å². The Morgan fingerprint density at radius 2 is 1.85 bits per heavy atom. The quantitative estimate of drug-likeness (QED) is 0.858. The Hall–Kier alpha value is -1.89. The van der Waals surface area contributed by atoms with Gasteiger partial charge in [0.2, 0.25) is 15.0 Å². The molecule has 0 bridgehead atoms. The molecule has 6 nitrogen and oxygen atoms in total. The SMILES string of the molecule is COc1ccccc1-c1nnc(S(=O)(=O)C(C)C)n1C. The second-order valence-corrected chi connectivity index (χ2v) is 7.06. The van der Waals surface area contributed by atoms with Gasteiger partial charge in [-0.2, -0.15) is 0 Å². The molecule has 1 heterocycles. The van der Waals surface area contributed by atoms with E-state index in [1.54, 1.807) is 34.1 Å². The monoisotopic (exact) mass is 295 g/mol. The summed E-state index contributed by atoms with van der Waals surface area (Å²) in [7, 11) is -0.273. The van der Waals surface area contributed by atoms with Crippen molar-refractivity contribution in [3.05, 3.63) is 24.3 Å². The van der Waals surface area contributed by atoms with Crippen LogP contribution in [0.3, 0.4) is 0 Å². The van der Waals surface area contributed by atoms with Crippen molar-refractivity contribution in [3.8, 4) is 17.1 Å². The first-order valence-electron chi connectivity index (χ1n) is 6.16. The minimum atomic E-state index is -3.47. The van der Waals surface area contributed by atoms with E-state index in [9.17, 15) is 8.42 Å². The average molecular weight is 295 g/mol. The molecule has 1 aromatic heterocycles. The molecule has 0 radical (unpaired) electrons. The molecule has 0 amide bonds. The van der Waals surface area contributed by atoms with Gasteiger partial charge in [-0.3, -0.25) is 0 Å². The first-order valence-corrected chi connectivity index (χ1v) is 7.71. The Labute approximate surface area is 118 Å². The number of aromatic nitrogens is 3. The van der Waals surface area contributed by atoms with Crippen LogP contribution in [0, 0.1) is 0 Å². The molecule has 1 aromatic carbocycles. The fraction of sp³-hybridized carbons (Fsp3) is 0.385. The van der Waals surface area contributed by atoms with Crippen LogP contribution in [-0.4, -0.2) is 35.5 Å². The van der Waals surface area contributed by atoms with Gasteiger partial charge in [0.1, 0.15) is 5.75 Å². The van der Waals surface area contributed by atoms with E-state index < -0.39 is 15.1 Å². The minimum absolute atomic E-state index is 0.0339. The largest absolute Gasteiger partial charge is 0.496 e. The molecule has 0 aliphatic rings. The van der Waals surface area contributed by atoms with Crippen molar-refractivity contribution < 1.29 is 13.2 Å². The van der Waals surface area contributed by atoms with Gasteiger partial charge < -0.3 is 9.30 Å². The van der Waals surface area contributed by atoms with Crippen LogP contribution in [0.15, 0.2) is 29.4 Å². The van der Waals surface area contributed by atoms with Crippen molar-refractivity contribution in [2.75, 3.05) is 7.11 Å². The van der Waals surface area contributed by atoms with Crippen LogP contribution >= 0.6 is 0 Å². The number of methoxy groups -OCH3 is 1. The van der Waals surface area contributed by atoms with Crippen molar-refractivity contribution in [2.24, 2.45) is 7.05 Å². The summed E-state index contributed by atoms with van der Waals surface area (Å²) in [5, 5.41) is 7.25. The highest BCUT2D eigenvalue weighted by molar-refractivity contribution is 7.91. The highest BCUT2D eigenvalue weighted by Crippen LogP contribution is 2.29. The predicted molar refractivity (Wildman–Crippen MR) is 75.3 cm³/mol. The van der Waals surface area contributed by atoms with Crippen molar-refractivity contribution >= 4 is 9.84 Å². The van der Waals surface area contributed by atoms with Gasteiger partial charge in [-0.05, 0) is 26.0 Å². The summed E-state index contributed by atoms with van der Waals surface area (Å²) >= 11 is 0. The third kappa shape index (κ3) is 2.29. The van der Waals surface area contributed by atoms with E-state index in [-0.39, 0.29) is 5.16 Å². The molecule has 0 spiro atoms. The lowest BCUT2D eigenvalue weighted by molar-refractivity contribution is 0.416. The Kier molecular flexibility index (Phi) is 3.80. The van der Waals surface area contributed by atoms with Crippen LogP contribution in [0.5, 0.6) is 5.75 Å². The lowest BCUT2D eigenvalue weighted by Crippen LogP contribution is -2.18. The van der Waals surface area contributed by atoms with E-state index in [1.807, 2.05) is 18.2 Å². The van der Waals surface area contributed by atoms with E-state index in [2.05, 4.69) is 10.2 Å². The summed E-state index contributed by atoms with van der Waals surface area (Å²) < 4.78 is 31.1. The number of ether oxygens (including phenoxy) is 1. The third-order valence-corrected chi connectivity index (χ3v) is 5.16. The lowest BCUT2D eigenvalue weighted by Gasteiger charge is -2.09. The molecular weight excluding hydrogens is 278 g/mol. The lowest BCUT2D eigenvalue weighted by atomic mass is 10.2. The first kappa shape index (κ1) is 14.5. The molecule has 2 rings (SSSR count). The summed E-state index contributed by atoms with van der Waals surface area (Å²) in [5.74, 6) is 1.08. The maximum Gasteiger partial charge on any atom is 0.250 e. The van der Waals surface area contributed by atoms with Gasteiger partial charge >= 0.3 is 0 Å². The molecule has 20 heavy (non-hydrogen) atoms. The van der Waals surface area contributed by atoms with E-state index in [0.717, 1.165) is 0 Å². The van der Waals surface area contributed by atoms with Crippen molar-refractivity contribution in [1.29, 1.82) is 0 Å². The molecule has 0 saturated heterocycles. The Morgan fingerprint density at radius 3 is 2.45 bits per heavy atom. The minimum Gasteiger partial charge on any atom is -0.496 e. The molecule has 0 aliphatic heterocycles. The van der Waals surface area contributed by atoms with Crippen LogP contribution in [0.2, 0.25) is 0 Å². The Balaban J connectivity index is 2.60. The van der Waals surface area contributed by atoms with Crippen molar-refractivity contribution in [2.45, 2.75) is 24.3 Å². The number of para-hydroxylation sites is 1. The van der Waals surface area contributed by atoms with E-state index in [4.69, 9.17) is 4.74 Å². The first-order chi connectivity index (χ1) is 9.39. The second kappa shape index (κ2) is 5.24. The van der Waals surface area contributed by atoms with Crippen LogP contribution in [0.25, 0.3) is 11.4 Å². The molecule has 7 heteroatoms. The second-order valence-electron chi connectivity index (χ2n) is 4.66. The number of benzene rings is 1. The van der Waals surface area contributed by atoms with Crippen LogP contribution < -0.4 is 4.74 Å². The molecule has 108 valence electrons. The van der Waals surface area contributed by atoms with Crippen LogP contribution in [-0.2, 0) is 16.9 Å².